The third-order valence-electron chi connectivity index (χ3n) is 3.65. The van der Waals surface area contributed by atoms with Crippen LogP contribution in [-0.4, -0.2) is 25.3 Å². The number of benzene rings is 2. The number of amides is 2. The highest BCUT2D eigenvalue weighted by Crippen LogP contribution is 2.36. The van der Waals surface area contributed by atoms with Gasteiger partial charge in [-0.15, -0.1) is 0 Å². The van der Waals surface area contributed by atoms with Gasteiger partial charge in [0.15, 0.2) is 0 Å². The van der Waals surface area contributed by atoms with Crippen LogP contribution in [0.4, 0.5) is 16.2 Å². The summed E-state index contributed by atoms with van der Waals surface area (Å²) in [5, 5.41) is 3.46. The van der Waals surface area contributed by atoms with Crippen LogP contribution in [-0.2, 0) is 0 Å². The molecule has 2 amide bonds. The molecule has 24 heavy (non-hydrogen) atoms. The molecule has 2 aromatic rings. The van der Waals surface area contributed by atoms with Crippen LogP contribution in [0.3, 0.4) is 0 Å². The summed E-state index contributed by atoms with van der Waals surface area (Å²) in [6.45, 7) is 4.79. The van der Waals surface area contributed by atoms with Crippen molar-refractivity contribution in [3.63, 3.8) is 0 Å². The summed E-state index contributed by atoms with van der Waals surface area (Å²) >= 11 is 6.08. The first kappa shape index (κ1) is 16.5. The first-order valence-electron chi connectivity index (χ1n) is 7.85. The molecule has 5 nitrogen and oxygen atoms in total. The van der Waals surface area contributed by atoms with E-state index < -0.39 is 0 Å². The van der Waals surface area contributed by atoms with Gasteiger partial charge in [-0.05, 0) is 44.2 Å². The summed E-state index contributed by atoms with van der Waals surface area (Å²) in [5.41, 5.74) is 1.29. The van der Waals surface area contributed by atoms with E-state index in [1.165, 1.54) is 0 Å². The number of nitrogens with one attached hydrogen (secondary N) is 1. The standard InChI is InChI=1S/C18H19ClN2O3/c1-3-23-16-7-5-4-6-14(16)20-18(22)21-11-12(2)24-17-9-8-13(19)10-15(17)21/h4-10,12H,3,11H2,1-2H3,(H,20,22)/t12-/m0/s1. The largest absolute Gasteiger partial charge is 0.492 e. The number of carbonyl (C=O) groups excluding carboxylic acids is 1. The zero-order valence-electron chi connectivity index (χ0n) is 13.6. The fourth-order valence-electron chi connectivity index (χ4n) is 2.64. The molecule has 1 aliphatic heterocycles. The van der Waals surface area contributed by atoms with E-state index in [1.54, 1.807) is 23.1 Å². The number of ether oxygens (including phenoxy) is 2. The fraction of sp³-hybridized carbons (Fsp3) is 0.278. The summed E-state index contributed by atoms with van der Waals surface area (Å²) < 4.78 is 11.3. The Balaban J connectivity index is 1.87. The first-order valence-corrected chi connectivity index (χ1v) is 8.23. The van der Waals surface area contributed by atoms with Crippen LogP contribution in [0.5, 0.6) is 11.5 Å². The zero-order chi connectivity index (χ0) is 17.1. The Morgan fingerprint density at radius 1 is 1.38 bits per heavy atom. The average Bonchev–Trinajstić information content (AvgIpc) is 2.56. The van der Waals surface area contributed by atoms with Gasteiger partial charge < -0.3 is 14.8 Å². The smallest absolute Gasteiger partial charge is 0.326 e. The van der Waals surface area contributed by atoms with Crippen molar-refractivity contribution >= 4 is 29.0 Å². The van der Waals surface area contributed by atoms with Crippen molar-refractivity contribution in [2.45, 2.75) is 20.0 Å². The zero-order valence-corrected chi connectivity index (χ0v) is 14.3. The molecule has 6 heteroatoms. The Labute approximate surface area is 146 Å². The van der Waals surface area contributed by atoms with E-state index in [1.807, 2.05) is 38.1 Å². The molecule has 1 aliphatic rings. The summed E-state index contributed by atoms with van der Waals surface area (Å²) in [7, 11) is 0. The average molecular weight is 347 g/mol. The third-order valence-corrected chi connectivity index (χ3v) is 3.89. The van der Waals surface area contributed by atoms with Gasteiger partial charge in [-0.1, -0.05) is 23.7 Å². The van der Waals surface area contributed by atoms with Crippen molar-refractivity contribution in [3.05, 3.63) is 47.5 Å². The van der Waals surface area contributed by atoms with Gasteiger partial charge in [-0.3, -0.25) is 4.90 Å². The SMILES string of the molecule is CCOc1ccccc1NC(=O)N1C[C@H](C)Oc2ccc(Cl)cc21. The highest BCUT2D eigenvalue weighted by Gasteiger charge is 2.28. The Morgan fingerprint density at radius 2 is 2.17 bits per heavy atom. The second-order valence-electron chi connectivity index (χ2n) is 5.51. The molecule has 0 bridgehead atoms. The summed E-state index contributed by atoms with van der Waals surface area (Å²) in [6.07, 6.45) is -0.105. The normalized spacial score (nSPS) is 16.1. The monoisotopic (exact) mass is 346 g/mol. The number of anilines is 2. The molecule has 1 heterocycles. The van der Waals surface area contributed by atoms with E-state index in [0.717, 1.165) is 0 Å². The number of para-hydroxylation sites is 2. The van der Waals surface area contributed by atoms with E-state index in [0.29, 0.717) is 41.0 Å². The number of hydrogen-bond acceptors (Lipinski definition) is 3. The number of nitrogens with zero attached hydrogens (tertiary/aromatic N) is 1. The molecule has 0 aromatic heterocycles. The minimum atomic E-state index is -0.249. The quantitative estimate of drug-likeness (QED) is 0.886. The molecule has 1 atom stereocenters. The Kier molecular flexibility index (Phi) is 4.81. The van der Waals surface area contributed by atoms with Crippen LogP contribution in [0.15, 0.2) is 42.5 Å². The minimum Gasteiger partial charge on any atom is -0.492 e. The Bertz CT molecular complexity index is 751. The molecule has 0 unspecified atom stereocenters. The topological polar surface area (TPSA) is 50.8 Å². The van der Waals surface area contributed by atoms with Crippen LogP contribution >= 0.6 is 11.6 Å². The second-order valence-corrected chi connectivity index (χ2v) is 5.95. The molecule has 3 rings (SSSR count). The lowest BCUT2D eigenvalue weighted by atomic mass is 10.2. The van der Waals surface area contributed by atoms with Crippen LogP contribution in [0, 0.1) is 0 Å². The van der Waals surface area contributed by atoms with Crippen molar-refractivity contribution < 1.29 is 14.3 Å². The molecule has 0 fully saturated rings. The van der Waals surface area contributed by atoms with Crippen molar-refractivity contribution in [3.8, 4) is 11.5 Å². The third kappa shape index (κ3) is 3.41. The maximum Gasteiger partial charge on any atom is 0.326 e. The van der Waals surface area contributed by atoms with Gasteiger partial charge in [-0.25, -0.2) is 4.79 Å². The molecule has 0 spiro atoms. The molecule has 0 radical (unpaired) electrons. The van der Waals surface area contributed by atoms with Gasteiger partial charge in [0.2, 0.25) is 0 Å². The number of urea groups is 1. The van der Waals surface area contributed by atoms with Crippen molar-refractivity contribution in [2.24, 2.45) is 0 Å². The second kappa shape index (κ2) is 7.01. The highest BCUT2D eigenvalue weighted by molar-refractivity contribution is 6.31. The van der Waals surface area contributed by atoms with Gasteiger partial charge in [0.25, 0.3) is 0 Å². The first-order chi connectivity index (χ1) is 11.6. The van der Waals surface area contributed by atoms with Gasteiger partial charge in [-0.2, -0.15) is 0 Å². The number of fused-ring (bicyclic) bond motifs is 1. The molecular formula is C18H19ClN2O3. The molecule has 0 saturated heterocycles. The van der Waals surface area contributed by atoms with Crippen LogP contribution in [0.2, 0.25) is 5.02 Å². The van der Waals surface area contributed by atoms with Crippen LogP contribution in [0.1, 0.15) is 13.8 Å². The summed E-state index contributed by atoms with van der Waals surface area (Å²) in [6, 6.07) is 12.4. The number of rotatable bonds is 3. The van der Waals surface area contributed by atoms with Crippen LogP contribution in [0.25, 0.3) is 0 Å². The lowest BCUT2D eigenvalue weighted by Gasteiger charge is -2.33. The van der Waals surface area contributed by atoms with E-state index >= 15 is 0 Å². The van der Waals surface area contributed by atoms with Crippen molar-refractivity contribution in [2.75, 3.05) is 23.4 Å². The van der Waals surface area contributed by atoms with Crippen molar-refractivity contribution in [1.82, 2.24) is 0 Å². The van der Waals surface area contributed by atoms with Gasteiger partial charge in [0.05, 0.1) is 24.5 Å². The highest BCUT2D eigenvalue weighted by atomic mass is 35.5. The number of halogens is 1. The summed E-state index contributed by atoms with van der Waals surface area (Å²) in [4.78, 5) is 14.4. The van der Waals surface area contributed by atoms with Crippen molar-refractivity contribution in [1.29, 1.82) is 0 Å². The number of hydrogen-bond donors (Lipinski definition) is 1. The van der Waals surface area contributed by atoms with Gasteiger partial charge in [0.1, 0.15) is 17.6 Å². The van der Waals surface area contributed by atoms with Gasteiger partial charge >= 0.3 is 6.03 Å². The van der Waals surface area contributed by atoms with E-state index in [2.05, 4.69) is 5.32 Å². The van der Waals surface area contributed by atoms with Gasteiger partial charge in [0, 0.05) is 5.02 Å². The molecule has 0 aliphatic carbocycles. The predicted octanol–water partition coefficient (Wildman–Crippen LogP) is 4.56. The maximum absolute atomic E-state index is 12.8. The maximum atomic E-state index is 12.8. The number of carbonyl (C=O) groups is 1. The molecule has 126 valence electrons. The Hall–Kier alpha value is -2.40. The lowest BCUT2D eigenvalue weighted by Crippen LogP contribution is -2.44. The van der Waals surface area contributed by atoms with E-state index in [9.17, 15) is 4.79 Å². The molecule has 0 saturated carbocycles. The lowest BCUT2D eigenvalue weighted by molar-refractivity contribution is 0.208. The van der Waals surface area contributed by atoms with Crippen LogP contribution < -0.4 is 19.7 Å². The van der Waals surface area contributed by atoms with E-state index in [4.69, 9.17) is 21.1 Å². The fourth-order valence-corrected chi connectivity index (χ4v) is 2.80. The minimum absolute atomic E-state index is 0.105. The Morgan fingerprint density at radius 3 is 2.96 bits per heavy atom. The predicted molar refractivity (Wildman–Crippen MR) is 95.5 cm³/mol. The molecular weight excluding hydrogens is 328 g/mol. The molecule has 1 N–H and O–H groups in total. The summed E-state index contributed by atoms with van der Waals surface area (Å²) in [5.74, 6) is 1.28. The molecule has 2 aromatic carbocycles. The van der Waals surface area contributed by atoms with E-state index in [-0.39, 0.29) is 12.1 Å².